The van der Waals surface area contributed by atoms with E-state index in [2.05, 4.69) is 20.5 Å². The number of amides is 1. The summed E-state index contributed by atoms with van der Waals surface area (Å²) in [6.07, 6.45) is 1.72. The Morgan fingerprint density at radius 1 is 1.22 bits per heavy atom. The van der Waals surface area contributed by atoms with Gasteiger partial charge in [-0.2, -0.15) is 0 Å². The smallest absolute Gasteiger partial charge is 0.231 e. The van der Waals surface area contributed by atoms with Crippen LogP contribution in [0, 0.1) is 6.92 Å². The third-order valence-electron chi connectivity index (χ3n) is 3.97. The van der Waals surface area contributed by atoms with E-state index >= 15 is 0 Å². The molecule has 1 N–H and O–H groups in total. The number of thioether (sulfide) groups is 1. The molecule has 3 aromatic rings. The van der Waals surface area contributed by atoms with Gasteiger partial charge in [-0.25, -0.2) is 0 Å². The fourth-order valence-corrected chi connectivity index (χ4v) is 3.39. The highest BCUT2D eigenvalue weighted by atomic mass is 32.2. The second-order valence-corrected chi connectivity index (χ2v) is 6.84. The van der Waals surface area contributed by atoms with Gasteiger partial charge in [0, 0.05) is 11.9 Å². The van der Waals surface area contributed by atoms with Crippen molar-refractivity contribution in [3.8, 4) is 11.4 Å². The van der Waals surface area contributed by atoms with Crippen LogP contribution in [0.3, 0.4) is 0 Å². The number of hydrogen-bond donors (Lipinski definition) is 1. The number of pyridine rings is 1. The maximum atomic E-state index is 12.3. The summed E-state index contributed by atoms with van der Waals surface area (Å²) in [6.45, 7) is 3.79. The summed E-state index contributed by atoms with van der Waals surface area (Å²) < 4.78 is 7.11. The molecule has 140 valence electrons. The van der Waals surface area contributed by atoms with Crippen molar-refractivity contribution in [2.24, 2.45) is 0 Å². The van der Waals surface area contributed by atoms with E-state index in [1.165, 1.54) is 11.8 Å². The van der Waals surface area contributed by atoms with Crippen molar-refractivity contribution in [2.75, 3.05) is 12.9 Å². The van der Waals surface area contributed by atoms with Crippen molar-refractivity contribution >= 4 is 17.7 Å². The monoisotopic (exact) mass is 383 g/mol. The van der Waals surface area contributed by atoms with Crippen molar-refractivity contribution < 1.29 is 9.53 Å². The molecule has 1 unspecified atom stereocenters. The van der Waals surface area contributed by atoms with E-state index in [1.54, 1.807) is 13.3 Å². The Morgan fingerprint density at radius 3 is 2.67 bits per heavy atom. The first-order valence-corrected chi connectivity index (χ1v) is 9.46. The number of carbonyl (C=O) groups is 1. The molecule has 0 radical (unpaired) electrons. The minimum Gasteiger partial charge on any atom is -0.497 e. The van der Waals surface area contributed by atoms with Crippen molar-refractivity contribution in [3.63, 3.8) is 0 Å². The van der Waals surface area contributed by atoms with E-state index in [0.717, 1.165) is 23.0 Å². The molecular weight excluding hydrogens is 362 g/mol. The van der Waals surface area contributed by atoms with Crippen LogP contribution >= 0.6 is 11.8 Å². The molecule has 2 heterocycles. The molecular formula is C19H21N5O2S. The number of ether oxygens (including phenoxy) is 1. The Hall–Kier alpha value is -2.87. The van der Waals surface area contributed by atoms with Crippen molar-refractivity contribution in [1.82, 2.24) is 25.1 Å². The van der Waals surface area contributed by atoms with Gasteiger partial charge >= 0.3 is 0 Å². The van der Waals surface area contributed by atoms with Gasteiger partial charge in [0.05, 0.1) is 24.6 Å². The second-order valence-electron chi connectivity index (χ2n) is 5.90. The van der Waals surface area contributed by atoms with Crippen LogP contribution in [-0.2, 0) is 4.79 Å². The largest absolute Gasteiger partial charge is 0.497 e. The molecule has 1 atom stereocenters. The third-order valence-corrected chi connectivity index (χ3v) is 4.90. The van der Waals surface area contributed by atoms with Crippen LogP contribution in [0.25, 0.3) is 5.69 Å². The summed E-state index contributed by atoms with van der Waals surface area (Å²) >= 11 is 1.34. The summed E-state index contributed by atoms with van der Waals surface area (Å²) in [4.78, 5) is 16.6. The molecule has 0 spiro atoms. The summed E-state index contributed by atoms with van der Waals surface area (Å²) in [5, 5.41) is 12.0. The predicted octanol–water partition coefficient (Wildman–Crippen LogP) is 2.95. The topological polar surface area (TPSA) is 81.9 Å². The number of nitrogens with one attached hydrogen (secondary N) is 1. The Kier molecular flexibility index (Phi) is 6.08. The minimum atomic E-state index is -0.152. The Bertz CT molecular complexity index is 896. The van der Waals surface area contributed by atoms with E-state index in [0.29, 0.717) is 5.16 Å². The Labute approximate surface area is 162 Å². The molecule has 0 saturated heterocycles. The van der Waals surface area contributed by atoms with Crippen LogP contribution in [0.2, 0.25) is 0 Å². The highest BCUT2D eigenvalue weighted by molar-refractivity contribution is 7.99. The summed E-state index contributed by atoms with van der Waals surface area (Å²) in [5.41, 5.74) is 1.75. The summed E-state index contributed by atoms with van der Waals surface area (Å²) in [5.74, 6) is 1.69. The Balaban J connectivity index is 1.65. The number of aromatic nitrogens is 4. The normalized spacial score (nSPS) is 11.8. The molecule has 7 nitrogen and oxygen atoms in total. The zero-order valence-electron chi connectivity index (χ0n) is 15.4. The molecule has 27 heavy (non-hydrogen) atoms. The molecule has 3 rings (SSSR count). The first-order chi connectivity index (χ1) is 13.1. The van der Waals surface area contributed by atoms with Gasteiger partial charge in [0.15, 0.2) is 5.16 Å². The van der Waals surface area contributed by atoms with Crippen LogP contribution in [0.1, 0.15) is 24.5 Å². The van der Waals surface area contributed by atoms with Gasteiger partial charge in [0.2, 0.25) is 5.91 Å². The zero-order valence-corrected chi connectivity index (χ0v) is 16.2. The first kappa shape index (κ1) is 18.9. The average molecular weight is 383 g/mol. The van der Waals surface area contributed by atoms with Crippen molar-refractivity contribution in [1.29, 1.82) is 0 Å². The SMILES string of the molecule is COc1ccc(-n2c(C)nnc2SCC(=O)NC(C)c2ccccn2)cc1. The van der Waals surface area contributed by atoms with Gasteiger partial charge in [-0.05, 0) is 50.2 Å². The summed E-state index contributed by atoms with van der Waals surface area (Å²) in [7, 11) is 1.63. The van der Waals surface area contributed by atoms with E-state index in [-0.39, 0.29) is 17.7 Å². The lowest BCUT2D eigenvalue weighted by molar-refractivity contribution is -0.119. The highest BCUT2D eigenvalue weighted by Gasteiger charge is 2.15. The van der Waals surface area contributed by atoms with Crippen LogP contribution < -0.4 is 10.1 Å². The van der Waals surface area contributed by atoms with E-state index in [9.17, 15) is 4.79 Å². The van der Waals surface area contributed by atoms with E-state index in [1.807, 2.05) is 60.9 Å². The summed E-state index contributed by atoms with van der Waals surface area (Å²) in [6, 6.07) is 13.1. The molecule has 0 aliphatic carbocycles. The molecule has 0 bridgehead atoms. The van der Waals surface area contributed by atoms with Gasteiger partial charge in [-0.15, -0.1) is 10.2 Å². The molecule has 0 fully saturated rings. The molecule has 1 aromatic carbocycles. The number of carbonyl (C=O) groups excluding carboxylic acids is 1. The van der Waals surface area contributed by atoms with Crippen LogP contribution in [0.4, 0.5) is 0 Å². The van der Waals surface area contributed by atoms with Gasteiger partial charge in [-0.3, -0.25) is 14.3 Å². The highest BCUT2D eigenvalue weighted by Crippen LogP contribution is 2.23. The van der Waals surface area contributed by atoms with E-state index < -0.39 is 0 Å². The van der Waals surface area contributed by atoms with Gasteiger partial charge < -0.3 is 10.1 Å². The fourth-order valence-electron chi connectivity index (χ4n) is 2.58. The number of rotatable bonds is 7. The fraction of sp³-hybridized carbons (Fsp3) is 0.263. The average Bonchev–Trinajstić information content (AvgIpc) is 3.07. The third kappa shape index (κ3) is 4.65. The molecule has 1 amide bonds. The number of hydrogen-bond acceptors (Lipinski definition) is 6. The number of methoxy groups -OCH3 is 1. The maximum absolute atomic E-state index is 12.3. The number of aryl methyl sites for hydroxylation is 1. The first-order valence-electron chi connectivity index (χ1n) is 8.48. The lowest BCUT2D eigenvalue weighted by atomic mass is 10.2. The lowest BCUT2D eigenvalue weighted by Crippen LogP contribution is -2.28. The Morgan fingerprint density at radius 2 is 2.00 bits per heavy atom. The van der Waals surface area contributed by atoms with Crippen molar-refractivity contribution in [3.05, 3.63) is 60.2 Å². The molecule has 2 aromatic heterocycles. The quantitative estimate of drug-likeness (QED) is 0.632. The van der Waals surface area contributed by atoms with E-state index in [4.69, 9.17) is 4.74 Å². The zero-order chi connectivity index (χ0) is 19.2. The van der Waals surface area contributed by atoms with Gasteiger partial charge in [0.1, 0.15) is 11.6 Å². The van der Waals surface area contributed by atoms with Crippen molar-refractivity contribution in [2.45, 2.75) is 25.0 Å². The molecule has 0 saturated carbocycles. The van der Waals surface area contributed by atoms with Crippen LogP contribution in [0.15, 0.2) is 53.8 Å². The minimum absolute atomic E-state index is 0.0833. The maximum Gasteiger partial charge on any atom is 0.231 e. The standard InChI is InChI=1S/C19H21N5O2S/c1-13(17-6-4-5-11-20-17)21-18(25)12-27-19-23-22-14(2)24(19)15-7-9-16(26-3)10-8-15/h4-11,13H,12H2,1-3H3,(H,21,25). The predicted molar refractivity (Wildman–Crippen MR) is 104 cm³/mol. The van der Waals surface area contributed by atoms with Gasteiger partial charge in [0.25, 0.3) is 0 Å². The van der Waals surface area contributed by atoms with Gasteiger partial charge in [-0.1, -0.05) is 17.8 Å². The van der Waals surface area contributed by atoms with Crippen LogP contribution in [0.5, 0.6) is 5.75 Å². The molecule has 8 heteroatoms. The molecule has 0 aliphatic rings. The lowest BCUT2D eigenvalue weighted by Gasteiger charge is -2.13. The molecule has 0 aliphatic heterocycles. The number of benzene rings is 1. The number of nitrogens with zero attached hydrogens (tertiary/aromatic N) is 4. The second kappa shape index (κ2) is 8.68. The van der Waals surface area contributed by atoms with Crippen LogP contribution in [-0.4, -0.2) is 38.5 Å².